The Bertz CT molecular complexity index is 530. The second kappa shape index (κ2) is 5.10. The lowest BCUT2D eigenvalue weighted by molar-refractivity contribution is 0.184. The van der Waals surface area contributed by atoms with E-state index in [2.05, 4.69) is 5.10 Å². The molecule has 0 aliphatic carbocycles. The van der Waals surface area contributed by atoms with E-state index in [0.717, 1.165) is 22.6 Å². The van der Waals surface area contributed by atoms with Gasteiger partial charge in [-0.05, 0) is 23.8 Å². The Morgan fingerprint density at radius 2 is 2.00 bits per heavy atom. The molecule has 5 heteroatoms. The molecule has 0 saturated heterocycles. The molecule has 0 atom stereocenters. The van der Waals surface area contributed by atoms with Gasteiger partial charge in [0.15, 0.2) is 0 Å². The second-order valence-corrected chi connectivity index (χ2v) is 4.08. The van der Waals surface area contributed by atoms with Crippen LogP contribution in [0.25, 0.3) is 11.3 Å². The van der Waals surface area contributed by atoms with Crippen LogP contribution < -0.4 is 10.5 Å². The number of ether oxygens (including phenoxy) is 2. The molecule has 0 radical (unpaired) electrons. The minimum Gasteiger partial charge on any atom is -0.497 e. The Kier molecular flexibility index (Phi) is 3.53. The summed E-state index contributed by atoms with van der Waals surface area (Å²) < 4.78 is 12.1. The summed E-state index contributed by atoms with van der Waals surface area (Å²) in [5, 5.41) is 4.35. The Balaban J connectivity index is 2.45. The molecule has 2 aromatic rings. The van der Waals surface area contributed by atoms with Crippen molar-refractivity contribution in [2.45, 2.75) is 6.61 Å². The highest BCUT2D eigenvalue weighted by molar-refractivity contribution is 5.65. The van der Waals surface area contributed by atoms with Gasteiger partial charge < -0.3 is 15.2 Å². The van der Waals surface area contributed by atoms with Crippen LogP contribution in [0, 0.1) is 0 Å². The summed E-state index contributed by atoms with van der Waals surface area (Å²) in [6, 6.07) is 7.74. The summed E-state index contributed by atoms with van der Waals surface area (Å²) in [5.41, 5.74) is 8.62. The van der Waals surface area contributed by atoms with E-state index < -0.39 is 0 Å². The van der Waals surface area contributed by atoms with Crippen molar-refractivity contribution in [3.63, 3.8) is 0 Å². The average molecular weight is 247 g/mol. The highest BCUT2D eigenvalue weighted by Gasteiger charge is 2.08. The summed E-state index contributed by atoms with van der Waals surface area (Å²) in [4.78, 5) is 0. The number of benzene rings is 1. The fourth-order valence-corrected chi connectivity index (χ4v) is 1.80. The van der Waals surface area contributed by atoms with E-state index in [9.17, 15) is 0 Å². The third-order valence-corrected chi connectivity index (χ3v) is 2.72. The number of aryl methyl sites for hydroxylation is 1. The van der Waals surface area contributed by atoms with Crippen molar-refractivity contribution in [1.29, 1.82) is 0 Å². The van der Waals surface area contributed by atoms with Gasteiger partial charge in [0.25, 0.3) is 0 Å². The zero-order chi connectivity index (χ0) is 13.1. The molecule has 0 aliphatic rings. The monoisotopic (exact) mass is 247 g/mol. The molecule has 0 unspecified atom stereocenters. The molecule has 2 rings (SSSR count). The maximum atomic E-state index is 5.79. The molecule has 0 amide bonds. The Morgan fingerprint density at radius 1 is 1.22 bits per heavy atom. The first-order valence-electron chi connectivity index (χ1n) is 5.61. The van der Waals surface area contributed by atoms with Crippen molar-refractivity contribution in [2.24, 2.45) is 7.05 Å². The van der Waals surface area contributed by atoms with Gasteiger partial charge in [-0.1, -0.05) is 0 Å². The van der Waals surface area contributed by atoms with E-state index in [1.54, 1.807) is 18.9 Å². The lowest BCUT2D eigenvalue weighted by atomic mass is 10.1. The molecular weight excluding hydrogens is 230 g/mol. The maximum Gasteiger partial charge on any atom is 0.121 e. The highest BCUT2D eigenvalue weighted by atomic mass is 16.5. The number of aromatic nitrogens is 2. The van der Waals surface area contributed by atoms with E-state index in [-0.39, 0.29) is 0 Å². The molecule has 1 aromatic carbocycles. The normalized spacial score (nSPS) is 10.6. The van der Waals surface area contributed by atoms with Crippen molar-refractivity contribution in [3.8, 4) is 17.0 Å². The third-order valence-electron chi connectivity index (χ3n) is 2.72. The molecule has 0 aliphatic heterocycles. The first kappa shape index (κ1) is 12.4. The Labute approximate surface area is 106 Å². The predicted molar refractivity (Wildman–Crippen MR) is 70.3 cm³/mol. The van der Waals surface area contributed by atoms with Gasteiger partial charge in [-0.25, -0.2) is 0 Å². The Morgan fingerprint density at radius 3 is 2.56 bits per heavy atom. The minimum atomic E-state index is 0.534. The van der Waals surface area contributed by atoms with Crippen molar-refractivity contribution < 1.29 is 9.47 Å². The second-order valence-electron chi connectivity index (χ2n) is 4.08. The van der Waals surface area contributed by atoms with Gasteiger partial charge in [-0.15, -0.1) is 0 Å². The Hall–Kier alpha value is -2.01. The van der Waals surface area contributed by atoms with Crippen LogP contribution in [0.2, 0.25) is 0 Å². The van der Waals surface area contributed by atoms with E-state index in [4.69, 9.17) is 15.2 Å². The average Bonchev–Trinajstić information content (AvgIpc) is 2.70. The van der Waals surface area contributed by atoms with Crippen LogP contribution in [0.1, 0.15) is 5.56 Å². The molecule has 1 aromatic heterocycles. The molecule has 0 spiro atoms. The molecular formula is C13H17N3O2. The summed E-state index contributed by atoms with van der Waals surface area (Å²) in [7, 11) is 5.12. The zero-order valence-corrected chi connectivity index (χ0v) is 10.8. The fraction of sp³-hybridized carbons (Fsp3) is 0.308. The van der Waals surface area contributed by atoms with Gasteiger partial charge in [-0.2, -0.15) is 5.10 Å². The molecule has 96 valence electrons. The summed E-state index contributed by atoms with van der Waals surface area (Å²) in [6.07, 6.45) is 0. The van der Waals surface area contributed by atoms with Crippen LogP contribution >= 0.6 is 0 Å². The van der Waals surface area contributed by atoms with E-state index >= 15 is 0 Å². The number of nitrogen functional groups attached to an aromatic ring is 1. The van der Waals surface area contributed by atoms with Gasteiger partial charge >= 0.3 is 0 Å². The fourth-order valence-electron chi connectivity index (χ4n) is 1.80. The molecule has 2 N–H and O–H groups in total. The van der Waals surface area contributed by atoms with Crippen LogP contribution in [0.4, 0.5) is 5.82 Å². The topological polar surface area (TPSA) is 62.3 Å². The molecule has 0 bridgehead atoms. The van der Waals surface area contributed by atoms with Gasteiger partial charge in [0.1, 0.15) is 11.6 Å². The van der Waals surface area contributed by atoms with Crippen LogP contribution in [-0.2, 0) is 18.4 Å². The van der Waals surface area contributed by atoms with Crippen molar-refractivity contribution in [1.82, 2.24) is 9.78 Å². The SMILES string of the molecule is COCc1cc(OC)cc(-c2cc(N)n(C)n2)c1. The van der Waals surface area contributed by atoms with Gasteiger partial charge in [0, 0.05) is 25.8 Å². The predicted octanol–water partition coefficient (Wildman–Crippen LogP) is 1.82. The number of anilines is 1. The maximum absolute atomic E-state index is 5.79. The van der Waals surface area contributed by atoms with Crippen LogP contribution in [-0.4, -0.2) is 24.0 Å². The molecule has 5 nitrogen and oxygen atoms in total. The number of nitrogens with two attached hydrogens (primary N) is 1. The van der Waals surface area contributed by atoms with E-state index in [1.807, 2.05) is 31.3 Å². The number of nitrogens with zero attached hydrogens (tertiary/aromatic N) is 2. The molecule has 18 heavy (non-hydrogen) atoms. The van der Waals surface area contributed by atoms with E-state index in [0.29, 0.717) is 12.4 Å². The third kappa shape index (κ3) is 2.46. The molecule has 1 heterocycles. The van der Waals surface area contributed by atoms with Crippen molar-refractivity contribution >= 4 is 5.82 Å². The quantitative estimate of drug-likeness (QED) is 0.895. The number of hydrogen-bond acceptors (Lipinski definition) is 4. The standard InChI is InChI=1S/C13H17N3O2/c1-16-13(14)7-12(15-16)10-4-9(8-17-2)5-11(6-10)18-3/h4-7H,8,14H2,1-3H3. The first-order chi connectivity index (χ1) is 8.63. The van der Waals surface area contributed by atoms with Gasteiger partial charge in [0.2, 0.25) is 0 Å². The van der Waals surface area contributed by atoms with Gasteiger partial charge in [-0.3, -0.25) is 4.68 Å². The van der Waals surface area contributed by atoms with Crippen LogP contribution in [0.5, 0.6) is 5.75 Å². The summed E-state index contributed by atoms with van der Waals surface area (Å²) in [6.45, 7) is 0.534. The summed E-state index contributed by atoms with van der Waals surface area (Å²) in [5.74, 6) is 1.41. The minimum absolute atomic E-state index is 0.534. The van der Waals surface area contributed by atoms with Gasteiger partial charge in [0.05, 0.1) is 19.4 Å². The smallest absolute Gasteiger partial charge is 0.121 e. The van der Waals surface area contributed by atoms with Crippen molar-refractivity contribution in [3.05, 3.63) is 29.8 Å². The highest BCUT2D eigenvalue weighted by Crippen LogP contribution is 2.26. The first-order valence-corrected chi connectivity index (χ1v) is 5.61. The largest absolute Gasteiger partial charge is 0.497 e. The van der Waals surface area contributed by atoms with Crippen molar-refractivity contribution in [2.75, 3.05) is 20.0 Å². The number of hydrogen-bond donors (Lipinski definition) is 1. The zero-order valence-electron chi connectivity index (χ0n) is 10.8. The lowest BCUT2D eigenvalue weighted by Crippen LogP contribution is -1.96. The van der Waals surface area contributed by atoms with Crippen LogP contribution in [0.3, 0.4) is 0 Å². The van der Waals surface area contributed by atoms with E-state index in [1.165, 1.54) is 0 Å². The summed E-state index contributed by atoms with van der Waals surface area (Å²) >= 11 is 0. The molecule has 0 fully saturated rings. The van der Waals surface area contributed by atoms with Crippen LogP contribution in [0.15, 0.2) is 24.3 Å². The number of methoxy groups -OCH3 is 2. The lowest BCUT2D eigenvalue weighted by Gasteiger charge is -2.07. The number of rotatable bonds is 4. The molecule has 0 saturated carbocycles.